The number of anilines is 1. The van der Waals surface area contributed by atoms with Crippen LogP contribution in [0.4, 0.5) is 5.95 Å². The van der Waals surface area contributed by atoms with Gasteiger partial charge in [-0.3, -0.25) is 4.57 Å². The molecule has 0 spiro atoms. The number of imidazole rings is 1. The van der Waals surface area contributed by atoms with Crippen molar-refractivity contribution in [1.29, 1.82) is 0 Å². The van der Waals surface area contributed by atoms with Gasteiger partial charge in [0.1, 0.15) is 23.4 Å². The largest absolute Gasteiger partial charge is 0.394 e. The molecular weight excluding hydrogens is 282 g/mol. The lowest BCUT2D eigenvalue weighted by Crippen LogP contribution is -2.36. The third kappa shape index (κ3) is 2.10. The van der Waals surface area contributed by atoms with Crippen LogP contribution in [0.15, 0.2) is 18.5 Å². The molecule has 0 saturated carbocycles. The highest BCUT2D eigenvalue weighted by molar-refractivity contribution is 7.71. The van der Waals surface area contributed by atoms with Gasteiger partial charge in [0, 0.05) is 0 Å². The van der Waals surface area contributed by atoms with Gasteiger partial charge in [0.2, 0.25) is 0 Å². The predicted molar refractivity (Wildman–Crippen MR) is 73.3 cm³/mol. The lowest BCUT2D eigenvalue weighted by molar-refractivity contribution is -0.102. The Kier molecular flexibility index (Phi) is 3.26. The van der Waals surface area contributed by atoms with E-state index in [0.717, 1.165) is 0 Å². The number of ether oxygens (including phenoxy) is 1. The van der Waals surface area contributed by atoms with E-state index < -0.39 is 18.4 Å². The Morgan fingerprint density at radius 3 is 3.05 bits per heavy atom. The zero-order valence-corrected chi connectivity index (χ0v) is 11.1. The van der Waals surface area contributed by atoms with Crippen molar-refractivity contribution >= 4 is 29.3 Å². The van der Waals surface area contributed by atoms with Gasteiger partial charge >= 0.3 is 0 Å². The first kappa shape index (κ1) is 13.2. The molecule has 2 aromatic heterocycles. The van der Waals surface area contributed by atoms with E-state index in [2.05, 4.69) is 15.0 Å². The van der Waals surface area contributed by atoms with E-state index in [1.165, 1.54) is 0 Å². The van der Waals surface area contributed by atoms with E-state index >= 15 is 0 Å². The molecule has 3 heterocycles. The summed E-state index contributed by atoms with van der Waals surface area (Å²) in [5, 5.41) is 18.8. The highest BCUT2D eigenvalue weighted by Gasteiger charge is 2.27. The van der Waals surface area contributed by atoms with Crippen molar-refractivity contribution in [2.24, 2.45) is 0 Å². The smallest absolute Gasteiger partial charge is 0.200 e. The van der Waals surface area contributed by atoms with E-state index in [1.807, 2.05) is 0 Å². The van der Waals surface area contributed by atoms with Crippen molar-refractivity contribution < 1.29 is 14.9 Å². The summed E-state index contributed by atoms with van der Waals surface area (Å²) < 4.78 is 7.58. The van der Waals surface area contributed by atoms with E-state index in [0.29, 0.717) is 15.8 Å². The molecule has 8 nitrogen and oxygen atoms in total. The van der Waals surface area contributed by atoms with Gasteiger partial charge in [0.15, 0.2) is 16.8 Å². The van der Waals surface area contributed by atoms with Gasteiger partial charge in [-0.1, -0.05) is 18.3 Å². The molecule has 3 atom stereocenters. The molecule has 0 aromatic carbocycles. The SMILES string of the molecule is Nc1nc(=S)c2ncn(C3C=CC(O)C(CO)O3)c2[nH]1. The molecule has 0 fully saturated rings. The van der Waals surface area contributed by atoms with Crippen LogP contribution in [0.25, 0.3) is 11.2 Å². The lowest BCUT2D eigenvalue weighted by atomic mass is 10.1. The fraction of sp³-hybridized carbons (Fsp3) is 0.364. The second-order valence-electron chi connectivity index (χ2n) is 4.40. The maximum atomic E-state index is 9.63. The highest BCUT2D eigenvalue weighted by Crippen LogP contribution is 2.24. The van der Waals surface area contributed by atoms with Crippen molar-refractivity contribution in [3.8, 4) is 0 Å². The minimum absolute atomic E-state index is 0.183. The fourth-order valence-corrected chi connectivity index (χ4v) is 2.34. The summed E-state index contributed by atoms with van der Waals surface area (Å²) in [6, 6.07) is 0. The average Bonchev–Trinajstić information content (AvgIpc) is 2.83. The number of hydrogen-bond donors (Lipinski definition) is 4. The minimum atomic E-state index is -0.837. The number of H-pyrrole nitrogens is 1. The van der Waals surface area contributed by atoms with E-state index in [-0.39, 0.29) is 12.6 Å². The number of fused-ring (bicyclic) bond motifs is 1. The van der Waals surface area contributed by atoms with Crippen molar-refractivity contribution in [3.05, 3.63) is 23.1 Å². The molecule has 0 aliphatic carbocycles. The summed E-state index contributed by atoms with van der Waals surface area (Å²) >= 11 is 5.09. The monoisotopic (exact) mass is 295 g/mol. The third-order valence-electron chi connectivity index (χ3n) is 3.09. The predicted octanol–water partition coefficient (Wildman–Crippen LogP) is -0.122. The molecule has 9 heteroatoms. The van der Waals surface area contributed by atoms with Gasteiger partial charge in [-0.2, -0.15) is 0 Å². The number of nitrogen functional groups attached to an aromatic ring is 1. The van der Waals surface area contributed by atoms with Gasteiger partial charge < -0.3 is 25.7 Å². The first-order valence-electron chi connectivity index (χ1n) is 5.95. The van der Waals surface area contributed by atoms with Crippen molar-refractivity contribution in [2.75, 3.05) is 12.3 Å². The number of nitrogens with two attached hydrogens (primary N) is 1. The second-order valence-corrected chi connectivity index (χ2v) is 4.79. The number of hydrogen-bond acceptors (Lipinski definition) is 7. The Morgan fingerprint density at radius 1 is 1.50 bits per heavy atom. The third-order valence-corrected chi connectivity index (χ3v) is 3.37. The van der Waals surface area contributed by atoms with Crippen molar-refractivity contribution in [1.82, 2.24) is 19.5 Å². The summed E-state index contributed by atoms with van der Waals surface area (Å²) in [6.45, 7) is -0.283. The number of aromatic nitrogens is 4. The zero-order valence-electron chi connectivity index (χ0n) is 10.3. The fourth-order valence-electron chi connectivity index (χ4n) is 2.09. The van der Waals surface area contributed by atoms with Crippen LogP contribution >= 0.6 is 12.2 Å². The number of aromatic amines is 1. The first-order valence-corrected chi connectivity index (χ1v) is 6.36. The van der Waals surface area contributed by atoms with E-state index in [1.54, 1.807) is 23.0 Å². The molecular formula is C11H13N5O3S. The molecule has 0 saturated heterocycles. The molecule has 3 unspecified atom stereocenters. The first-order chi connectivity index (χ1) is 9.60. The standard InChI is InChI=1S/C11H13N5O3S/c12-11-14-9-8(10(20)15-11)13-4-16(9)7-2-1-5(18)6(3-17)19-7/h1-2,4-7,17-18H,3H2,(H3,12,14,15,20). The molecule has 5 N–H and O–H groups in total. The van der Waals surface area contributed by atoms with Crippen molar-refractivity contribution in [3.63, 3.8) is 0 Å². The minimum Gasteiger partial charge on any atom is -0.394 e. The van der Waals surface area contributed by atoms with Crippen LogP contribution in [0.1, 0.15) is 6.23 Å². The van der Waals surface area contributed by atoms with Crippen LogP contribution in [0, 0.1) is 4.64 Å². The summed E-state index contributed by atoms with van der Waals surface area (Å²) in [4.78, 5) is 11.0. The Bertz CT molecular complexity index is 724. The Hall–Kier alpha value is -1.81. The van der Waals surface area contributed by atoms with Crippen LogP contribution in [-0.4, -0.2) is 48.5 Å². The maximum Gasteiger partial charge on any atom is 0.200 e. The quantitative estimate of drug-likeness (QED) is 0.450. The molecule has 3 rings (SSSR count). The molecule has 0 bridgehead atoms. The van der Waals surface area contributed by atoms with Crippen LogP contribution in [-0.2, 0) is 4.74 Å². The normalized spacial score (nSPS) is 26.2. The maximum absolute atomic E-state index is 9.63. The van der Waals surface area contributed by atoms with Gasteiger partial charge in [-0.15, -0.1) is 0 Å². The zero-order chi connectivity index (χ0) is 14.3. The van der Waals surface area contributed by atoms with E-state index in [4.69, 9.17) is 22.7 Å². The van der Waals surface area contributed by atoms with Gasteiger partial charge in [0.05, 0.1) is 12.9 Å². The van der Waals surface area contributed by atoms with Crippen LogP contribution in [0.3, 0.4) is 0 Å². The topological polar surface area (TPSA) is 122 Å². The lowest BCUT2D eigenvalue weighted by Gasteiger charge is -2.29. The molecule has 1 aliphatic rings. The number of aliphatic hydroxyl groups excluding tert-OH is 2. The Morgan fingerprint density at radius 2 is 2.30 bits per heavy atom. The average molecular weight is 295 g/mol. The van der Waals surface area contributed by atoms with Gasteiger partial charge in [0.25, 0.3) is 0 Å². The summed E-state index contributed by atoms with van der Waals surface area (Å²) in [6.07, 6.45) is 2.74. The van der Waals surface area contributed by atoms with Crippen LogP contribution < -0.4 is 5.73 Å². The summed E-state index contributed by atoms with van der Waals surface area (Å²) in [5.41, 5.74) is 6.73. The van der Waals surface area contributed by atoms with E-state index in [9.17, 15) is 10.2 Å². The van der Waals surface area contributed by atoms with Gasteiger partial charge in [-0.25, -0.2) is 9.97 Å². The Labute approximate surface area is 118 Å². The number of nitrogens with one attached hydrogen (secondary N) is 1. The Balaban J connectivity index is 2.07. The second kappa shape index (κ2) is 4.94. The van der Waals surface area contributed by atoms with Gasteiger partial charge in [-0.05, 0) is 6.08 Å². The van der Waals surface area contributed by atoms with Crippen molar-refractivity contribution in [2.45, 2.75) is 18.4 Å². The molecule has 106 valence electrons. The summed E-state index contributed by atoms with van der Waals surface area (Å²) in [5.74, 6) is 0.183. The number of aliphatic hydroxyl groups is 2. The molecule has 0 amide bonds. The number of rotatable bonds is 2. The molecule has 2 aromatic rings. The number of nitrogens with zero attached hydrogens (tertiary/aromatic N) is 3. The van der Waals surface area contributed by atoms with Crippen LogP contribution in [0.5, 0.6) is 0 Å². The highest BCUT2D eigenvalue weighted by atomic mass is 32.1. The van der Waals surface area contributed by atoms with Crippen LogP contribution in [0.2, 0.25) is 0 Å². The summed E-state index contributed by atoms with van der Waals surface area (Å²) in [7, 11) is 0. The molecule has 0 radical (unpaired) electrons. The molecule has 20 heavy (non-hydrogen) atoms. The molecule has 1 aliphatic heterocycles.